The lowest BCUT2D eigenvalue weighted by Crippen LogP contribution is -2.40. The number of halogens is 2. The van der Waals surface area contributed by atoms with Crippen LogP contribution in [0.3, 0.4) is 0 Å². The summed E-state index contributed by atoms with van der Waals surface area (Å²) in [5, 5.41) is 17.9. The number of aliphatic hydroxyl groups is 1. The van der Waals surface area contributed by atoms with Crippen LogP contribution in [0, 0.1) is 0 Å². The third-order valence-electron chi connectivity index (χ3n) is 3.37. The van der Waals surface area contributed by atoms with E-state index in [0.29, 0.717) is 4.57 Å². The van der Waals surface area contributed by atoms with Gasteiger partial charge in [-0.3, -0.25) is 4.57 Å². The van der Waals surface area contributed by atoms with Crippen molar-refractivity contribution in [3.8, 4) is 0 Å². The molecular formula is C11H13F2N3O5. The number of nitrogen functional groups attached to an aromatic ring is 1. The lowest BCUT2D eigenvalue weighted by molar-refractivity contribution is -0.0532. The van der Waals surface area contributed by atoms with Crippen molar-refractivity contribution >= 4 is 11.8 Å². The molecule has 0 aromatic carbocycles. The number of aliphatic hydroxyl groups excluding tert-OH is 1. The number of alkyl halides is 2. The van der Waals surface area contributed by atoms with Crippen LogP contribution in [0.25, 0.3) is 0 Å². The van der Waals surface area contributed by atoms with Gasteiger partial charge in [-0.15, -0.1) is 0 Å². The topological polar surface area (TPSA) is 128 Å². The summed E-state index contributed by atoms with van der Waals surface area (Å²) in [5.41, 5.74) is 1.11. The van der Waals surface area contributed by atoms with Crippen LogP contribution in [0.2, 0.25) is 0 Å². The van der Waals surface area contributed by atoms with E-state index in [1.807, 2.05) is 0 Å². The van der Waals surface area contributed by atoms with Gasteiger partial charge < -0.3 is 20.7 Å². The van der Waals surface area contributed by atoms with Crippen molar-refractivity contribution in [3.05, 3.63) is 22.2 Å². The molecule has 116 valence electrons. The van der Waals surface area contributed by atoms with Crippen molar-refractivity contribution in [1.82, 2.24) is 9.55 Å². The normalized spacial score (nSPS) is 32.3. The van der Waals surface area contributed by atoms with E-state index in [2.05, 4.69) is 4.98 Å². The number of nitrogens with zero attached hydrogens (tertiary/aromatic N) is 2. The molecule has 1 aliphatic heterocycles. The molecular weight excluding hydrogens is 292 g/mol. The van der Waals surface area contributed by atoms with E-state index in [1.54, 1.807) is 0 Å². The molecule has 0 radical (unpaired) electrons. The minimum Gasteiger partial charge on any atom is -0.478 e. The molecule has 0 spiro atoms. The van der Waals surface area contributed by atoms with Crippen LogP contribution in [-0.4, -0.2) is 50.3 Å². The highest BCUT2D eigenvalue weighted by Gasteiger charge is 2.56. The van der Waals surface area contributed by atoms with Crippen molar-refractivity contribution in [2.24, 2.45) is 0 Å². The molecule has 1 saturated heterocycles. The van der Waals surface area contributed by atoms with E-state index in [-0.39, 0.29) is 0 Å². The van der Waals surface area contributed by atoms with E-state index < -0.39 is 53.8 Å². The Hall–Kier alpha value is -2.07. The minimum atomic E-state index is -2.54. The Morgan fingerprint density at radius 2 is 2.29 bits per heavy atom. The average Bonchev–Trinajstić information content (AvgIpc) is 2.61. The van der Waals surface area contributed by atoms with E-state index in [1.165, 1.54) is 0 Å². The van der Waals surface area contributed by atoms with Gasteiger partial charge >= 0.3 is 11.7 Å². The summed E-state index contributed by atoms with van der Waals surface area (Å²) in [5.74, 6) is -2.03. The van der Waals surface area contributed by atoms with Gasteiger partial charge in [-0.25, -0.2) is 18.4 Å². The molecule has 2 heterocycles. The predicted octanol–water partition coefficient (Wildman–Crippen LogP) is -0.520. The van der Waals surface area contributed by atoms with Crippen molar-refractivity contribution in [3.63, 3.8) is 0 Å². The van der Waals surface area contributed by atoms with Gasteiger partial charge in [-0.1, -0.05) is 0 Å². The van der Waals surface area contributed by atoms with Crippen LogP contribution in [0.5, 0.6) is 0 Å². The highest BCUT2D eigenvalue weighted by Crippen LogP contribution is 2.41. The van der Waals surface area contributed by atoms with Gasteiger partial charge in [0.15, 0.2) is 18.1 Å². The van der Waals surface area contributed by atoms with Gasteiger partial charge in [0.05, 0.1) is 6.61 Å². The second-order valence-electron chi connectivity index (χ2n) is 4.79. The summed E-state index contributed by atoms with van der Waals surface area (Å²) in [7, 11) is 0. The van der Waals surface area contributed by atoms with Crippen molar-refractivity contribution in [2.75, 3.05) is 12.3 Å². The first-order chi connectivity index (χ1) is 9.70. The second kappa shape index (κ2) is 5.04. The number of carboxylic acid groups (broad SMARTS) is 1. The van der Waals surface area contributed by atoms with Crippen LogP contribution < -0.4 is 11.4 Å². The summed E-state index contributed by atoms with van der Waals surface area (Å²) < 4.78 is 33.7. The standard InChI is InChI=1S/C11H13F2N3O5/c1-11(13)5(3-17)21-8(6(11)12)16-2-4(9(18)19)7(14)15-10(16)20/h2,5-6,8,17H,3H2,1H3,(H,18,19)(H2,14,15,20). The highest BCUT2D eigenvalue weighted by molar-refractivity contribution is 5.92. The van der Waals surface area contributed by atoms with Gasteiger partial charge in [0, 0.05) is 6.20 Å². The van der Waals surface area contributed by atoms with E-state index in [9.17, 15) is 18.4 Å². The quantitative estimate of drug-likeness (QED) is 0.685. The maximum atomic E-state index is 14.1. The number of nitrogens with two attached hydrogens (primary N) is 1. The number of hydrogen-bond donors (Lipinski definition) is 3. The zero-order chi connectivity index (χ0) is 15.9. The number of rotatable bonds is 3. The van der Waals surface area contributed by atoms with E-state index in [4.69, 9.17) is 20.7 Å². The molecule has 4 unspecified atom stereocenters. The van der Waals surface area contributed by atoms with Gasteiger partial charge in [0.1, 0.15) is 17.5 Å². The zero-order valence-electron chi connectivity index (χ0n) is 10.9. The van der Waals surface area contributed by atoms with Gasteiger partial charge in [-0.2, -0.15) is 4.98 Å². The number of carboxylic acids is 1. The summed E-state index contributed by atoms with van der Waals surface area (Å²) in [4.78, 5) is 25.9. The zero-order valence-corrected chi connectivity index (χ0v) is 10.9. The summed E-state index contributed by atoms with van der Waals surface area (Å²) in [6.45, 7) is 0.0826. The van der Waals surface area contributed by atoms with E-state index >= 15 is 0 Å². The van der Waals surface area contributed by atoms with Gasteiger partial charge in [0.25, 0.3) is 0 Å². The molecule has 0 amide bonds. The Kier molecular flexibility index (Phi) is 3.68. The third kappa shape index (κ3) is 2.36. The molecule has 2 rings (SSSR count). The first kappa shape index (κ1) is 15.3. The number of carbonyl (C=O) groups is 1. The van der Waals surface area contributed by atoms with Gasteiger partial charge in [0.2, 0.25) is 0 Å². The Bertz CT molecular complexity index is 633. The van der Waals surface area contributed by atoms with Crippen molar-refractivity contribution in [1.29, 1.82) is 0 Å². The molecule has 0 bridgehead atoms. The molecule has 4 N–H and O–H groups in total. The fourth-order valence-electron chi connectivity index (χ4n) is 2.08. The minimum absolute atomic E-state index is 0.512. The Morgan fingerprint density at radius 3 is 2.76 bits per heavy atom. The molecule has 1 aliphatic rings. The molecule has 0 aliphatic carbocycles. The number of anilines is 1. The van der Waals surface area contributed by atoms with Crippen LogP contribution in [-0.2, 0) is 4.74 Å². The molecule has 1 fully saturated rings. The summed E-state index contributed by atoms with van der Waals surface area (Å²) >= 11 is 0. The summed E-state index contributed by atoms with van der Waals surface area (Å²) in [6.07, 6.45) is -4.79. The Labute approximate surface area is 116 Å². The smallest absolute Gasteiger partial charge is 0.351 e. The highest BCUT2D eigenvalue weighted by atomic mass is 19.2. The average molecular weight is 305 g/mol. The molecule has 1 aromatic heterocycles. The largest absolute Gasteiger partial charge is 0.478 e. The predicted molar refractivity (Wildman–Crippen MR) is 65.3 cm³/mol. The lowest BCUT2D eigenvalue weighted by Gasteiger charge is -2.20. The Balaban J connectivity index is 2.51. The number of aromatic nitrogens is 2. The van der Waals surface area contributed by atoms with Crippen molar-refractivity contribution in [2.45, 2.75) is 31.1 Å². The Morgan fingerprint density at radius 1 is 1.67 bits per heavy atom. The number of hydrogen-bond acceptors (Lipinski definition) is 6. The number of aromatic carboxylic acids is 1. The molecule has 8 nitrogen and oxygen atoms in total. The molecule has 10 heteroatoms. The third-order valence-corrected chi connectivity index (χ3v) is 3.37. The maximum absolute atomic E-state index is 14.1. The van der Waals surface area contributed by atoms with Crippen LogP contribution in [0.15, 0.2) is 11.0 Å². The molecule has 4 atom stereocenters. The van der Waals surface area contributed by atoms with Gasteiger partial charge in [-0.05, 0) is 6.92 Å². The first-order valence-corrected chi connectivity index (χ1v) is 5.91. The van der Waals surface area contributed by atoms with E-state index in [0.717, 1.165) is 13.1 Å². The van der Waals surface area contributed by atoms with Crippen LogP contribution >= 0.6 is 0 Å². The molecule has 21 heavy (non-hydrogen) atoms. The first-order valence-electron chi connectivity index (χ1n) is 5.91. The second-order valence-corrected chi connectivity index (χ2v) is 4.79. The van der Waals surface area contributed by atoms with Crippen molar-refractivity contribution < 1.29 is 28.5 Å². The van der Waals surface area contributed by atoms with Crippen LogP contribution in [0.1, 0.15) is 23.5 Å². The van der Waals surface area contributed by atoms with Crippen LogP contribution in [0.4, 0.5) is 14.6 Å². The molecule has 1 aromatic rings. The number of ether oxygens (including phenoxy) is 1. The molecule has 0 saturated carbocycles. The fraction of sp³-hybridized carbons (Fsp3) is 0.545. The summed E-state index contributed by atoms with van der Waals surface area (Å²) in [6, 6.07) is 0. The maximum Gasteiger partial charge on any atom is 0.351 e. The monoisotopic (exact) mass is 305 g/mol. The fourth-order valence-corrected chi connectivity index (χ4v) is 2.08. The SMILES string of the molecule is CC1(F)C(CO)OC(n2cc(C(=O)O)c(N)nc2=O)C1F. The lowest BCUT2D eigenvalue weighted by atomic mass is 9.98.